The zero-order chi connectivity index (χ0) is 12.8. The maximum atomic E-state index is 11.3. The van der Waals surface area contributed by atoms with Crippen molar-refractivity contribution in [2.45, 2.75) is 18.6 Å². The Kier molecular flexibility index (Phi) is 6.08. The number of carbonyl (C=O) groups is 1. The fourth-order valence-electron chi connectivity index (χ4n) is 1.10. The number of carbonyl (C=O) groups excluding carboxylic acids is 1. The molecule has 4 nitrogen and oxygen atoms in total. The van der Waals surface area contributed by atoms with Crippen molar-refractivity contribution in [2.24, 2.45) is 0 Å². The van der Waals surface area contributed by atoms with E-state index in [1.165, 1.54) is 18.4 Å². The predicted octanol–water partition coefficient (Wildman–Crippen LogP) is 3.14. The zero-order valence-electron chi connectivity index (χ0n) is 9.95. The third-order valence-corrected chi connectivity index (χ3v) is 4.61. The molecule has 1 aromatic heterocycles. The molecule has 0 fully saturated rings. The second-order valence-electron chi connectivity index (χ2n) is 3.39. The summed E-state index contributed by atoms with van der Waals surface area (Å²) < 4.78 is 4.61. The molecule has 1 N–H and O–H groups in total. The summed E-state index contributed by atoms with van der Waals surface area (Å²) in [7, 11) is 1.33. The lowest BCUT2D eigenvalue weighted by molar-refractivity contribution is 0.0606. The molecule has 1 unspecified atom stereocenters. The van der Waals surface area contributed by atoms with Crippen LogP contribution in [-0.4, -0.2) is 36.1 Å². The average Bonchev–Trinajstić information content (AvgIpc) is 2.69. The second-order valence-corrected chi connectivity index (χ2v) is 6.03. The molecule has 0 aliphatic rings. The molecule has 0 amide bonds. The molecule has 0 bridgehead atoms. The molecular formula is C10H15ClN2O2S2. The number of nitrogens with one attached hydrogen (secondary N) is 1. The number of anilines is 1. The summed E-state index contributed by atoms with van der Waals surface area (Å²) in [4.78, 5) is 15.7. The van der Waals surface area contributed by atoms with Crippen LogP contribution in [0.2, 0.25) is 5.15 Å². The van der Waals surface area contributed by atoms with Crippen LogP contribution in [0.1, 0.15) is 23.0 Å². The number of esters is 1. The molecule has 17 heavy (non-hydrogen) atoms. The van der Waals surface area contributed by atoms with E-state index in [9.17, 15) is 4.79 Å². The van der Waals surface area contributed by atoms with E-state index in [0.717, 1.165) is 13.0 Å². The minimum Gasteiger partial charge on any atom is -0.465 e. The highest BCUT2D eigenvalue weighted by atomic mass is 35.5. The van der Waals surface area contributed by atoms with Crippen molar-refractivity contribution < 1.29 is 9.53 Å². The van der Waals surface area contributed by atoms with Gasteiger partial charge in [-0.2, -0.15) is 11.8 Å². The maximum absolute atomic E-state index is 11.3. The van der Waals surface area contributed by atoms with Crippen molar-refractivity contribution in [1.82, 2.24) is 4.98 Å². The number of rotatable bonds is 6. The van der Waals surface area contributed by atoms with Gasteiger partial charge in [0.15, 0.2) is 15.2 Å². The molecule has 0 aliphatic heterocycles. The number of thiazole rings is 1. The molecule has 7 heteroatoms. The topological polar surface area (TPSA) is 51.2 Å². The van der Waals surface area contributed by atoms with Gasteiger partial charge < -0.3 is 10.1 Å². The Hall–Kier alpha value is -0.460. The Labute approximate surface area is 114 Å². The number of thioether (sulfide) groups is 1. The summed E-state index contributed by atoms with van der Waals surface area (Å²) >= 11 is 8.88. The Morgan fingerprint density at radius 1 is 1.71 bits per heavy atom. The van der Waals surface area contributed by atoms with Crippen molar-refractivity contribution in [1.29, 1.82) is 0 Å². The number of aromatic nitrogens is 1. The SMILES string of the molecule is COC(=O)c1sc(NCCC(C)SC)nc1Cl. The average molecular weight is 295 g/mol. The maximum Gasteiger partial charge on any atom is 0.351 e. The molecule has 0 radical (unpaired) electrons. The van der Waals surface area contributed by atoms with Gasteiger partial charge in [0.05, 0.1) is 7.11 Å². The molecule has 0 spiro atoms. The molecule has 1 rings (SSSR count). The van der Waals surface area contributed by atoms with E-state index < -0.39 is 5.97 Å². The van der Waals surface area contributed by atoms with Crippen molar-refractivity contribution in [3.05, 3.63) is 10.0 Å². The van der Waals surface area contributed by atoms with Crippen molar-refractivity contribution in [3.63, 3.8) is 0 Å². The van der Waals surface area contributed by atoms with Crippen LogP contribution in [0.3, 0.4) is 0 Å². The first-order chi connectivity index (χ1) is 8.08. The van der Waals surface area contributed by atoms with Crippen LogP contribution in [0, 0.1) is 0 Å². The summed E-state index contributed by atoms with van der Waals surface area (Å²) in [6.07, 6.45) is 3.12. The third kappa shape index (κ3) is 4.37. The van der Waals surface area contributed by atoms with E-state index in [1.807, 2.05) is 11.8 Å². The lowest BCUT2D eigenvalue weighted by atomic mass is 10.3. The van der Waals surface area contributed by atoms with E-state index in [1.54, 1.807) is 0 Å². The molecule has 0 saturated heterocycles. The normalized spacial score (nSPS) is 12.2. The van der Waals surface area contributed by atoms with Crippen LogP contribution < -0.4 is 5.32 Å². The van der Waals surface area contributed by atoms with Gasteiger partial charge >= 0.3 is 5.97 Å². The lowest BCUT2D eigenvalue weighted by Crippen LogP contribution is -2.07. The Morgan fingerprint density at radius 2 is 2.41 bits per heavy atom. The monoisotopic (exact) mass is 294 g/mol. The van der Waals surface area contributed by atoms with Crippen LogP contribution in [0.25, 0.3) is 0 Å². The Bertz CT molecular complexity index is 384. The minimum absolute atomic E-state index is 0.197. The predicted molar refractivity (Wildman–Crippen MR) is 74.5 cm³/mol. The minimum atomic E-state index is -0.446. The van der Waals surface area contributed by atoms with E-state index in [2.05, 4.69) is 28.2 Å². The number of hydrogen-bond acceptors (Lipinski definition) is 6. The first-order valence-corrected chi connectivity index (χ1v) is 7.58. The summed E-state index contributed by atoms with van der Waals surface area (Å²) in [6, 6.07) is 0. The van der Waals surface area contributed by atoms with Gasteiger partial charge in [-0.1, -0.05) is 29.9 Å². The van der Waals surface area contributed by atoms with Gasteiger partial charge in [0.2, 0.25) is 0 Å². The Balaban J connectivity index is 2.53. The van der Waals surface area contributed by atoms with E-state index in [0.29, 0.717) is 15.3 Å². The van der Waals surface area contributed by atoms with Gasteiger partial charge in [0.25, 0.3) is 0 Å². The number of hydrogen-bond donors (Lipinski definition) is 1. The number of methoxy groups -OCH3 is 1. The number of halogens is 1. The molecule has 0 aliphatic carbocycles. The van der Waals surface area contributed by atoms with Crippen molar-refractivity contribution in [3.8, 4) is 0 Å². The molecule has 1 aromatic rings. The van der Waals surface area contributed by atoms with Gasteiger partial charge in [-0.05, 0) is 12.7 Å². The fourth-order valence-corrected chi connectivity index (χ4v) is 2.58. The zero-order valence-corrected chi connectivity index (χ0v) is 12.3. The molecular weight excluding hydrogens is 280 g/mol. The highest BCUT2D eigenvalue weighted by molar-refractivity contribution is 7.99. The third-order valence-electron chi connectivity index (χ3n) is 2.19. The highest BCUT2D eigenvalue weighted by Crippen LogP contribution is 2.27. The first-order valence-electron chi connectivity index (χ1n) is 5.09. The van der Waals surface area contributed by atoms with Gasteiger partial charge in [0, 0.05) is 11.8 Å². The Morgan fingerprint density at radius 3 is 3.00 bits per heavy atom. The summed E-state index contributed by atoms with van der Waals surface area (Å²) in [5.74, 6) is -0.446. The molecule has 0 aromatic carbocycles. The molecule has 1 atom stereocenters. The number of nitrogens with zero attached hydrogens (tertiary/aromatic N) is 1. The second kappa shape index (κ2) is 7.08. The van der Waals surface area contributed by atoms with Gasteiger partial charge in [-0.15, -0.1) is 0 Å². The van der Waals surface area contributed by atoms with Crippen LogP contribution in [-0.2, 0) is 4.74 Å². The highest BCUT2D eigenvalue weighted by Gasteiger charge is 2.16. The van der Waals surface area contributed by atoms with E-state index in [4.69, 9.17) is 11.6 Å². The van der Waals surface area contributed by atoms with Crippen LogP contribution >= 0.6 is 34.7 Å². The van der Waals surface area contributed by atoms with Crippen LogP contribution in [0.5, 0.6) is 0 Å². The van der Waals surface area contributed by atoms with Crippen LogP contribution in [0.15, 0.2) is 0 Å². The standard InChI is InChI=1S/C10H15ClN2O2S2/c1-6(16-3)4-5-12-10-13-8(11)7(17-10)9(14)15-2/h6H,4-5H2,1-3H3,(H,12,13). The number of ether oxygens (including phenoxy) is 1. The summed E-state index contributed by atoms with van der Waals surface area (Å²) in [5, 5.41) is 4.60. The smallest absolute Gasteiger partial charge is 0.351 e. The van der Waals surface area contributed by atoms with Gasteiger partial charge in [0.1, 0.15) is 0 Å². The van der Waals surface area contributed by atoms with Gasteiger partial charge in [-0.25, -0.2) is 9.78 Å². The fraction of sp³-hybridized carbons (Fsp3) is 0.600. The van der Waals surface area contributed by atoms with Gasteiger partial charge in [-0.3, -0.25) is 0 Å². The summed E-state index contributed by atoms with van der Waals surface area (Å²) in [6.45, 7) is 2.98. The van der Waals surface area contributed by atoms with E-state index >= 15 is 0 Å². The van der Waals surface area contributed by atoms with E-state index in [-0.39, 0.29) is 5.15 Å². The molecule has 1 heterocycles. The summed E-state index contributed by atoms with van der Waals surface area (Å²) in [5.41, 5.74) is 0. The van der Waals surface area contributed by atoms with Crippen molar-refractivity contribution in [2.75, 3.05) is 25.2 Å². The largest absolute Gasteiger partial charge is 0.465 e. The molecule has 0 saturated carbocycles. The quantitative estimate of drug-likeness (QED) is 0.817. The lowest BCUT2D eigenvalue weighted by Gasteiger charge is -2.07. The first kappa shape index (κ1) is 14.6. The van der Waals surface area contributed by atoms with Crippen molar-refractivity contribution >= 4 is 45.8 Å². The molecule has 96 valence electrons. The van der Waals surface area contributed by atoms with Crippen LogP contribution in [0.4, 0.5) is 5.13 Å².